The van der Waals surface area contributed by atoms with Gasteiger partial charge in [-0.05, 0) is 44.1 Å². The summed E-state index contributed by atoms with van der Waals surface area (Å²) < 4.78 is 0. The van der Waals surface area contributed by atoms with Gasteiger partial charge in [-0.15, -0.1) is 0 Å². The molecule has 0 radical (unpaired) electrons. The summed E-state index contributed by atoms with van der Waals surface area (Å²) in [5.41, 5.74) is 10.8. The highest BCUT2D eigenvalue weighted by Crippen LogP contribution is 2.09. The number of nitrogens with one attached hydrogen (secondary N) is 3. The maximum absolute atomic E-state index is 12.7. The van der Waals surface area contributed by atoms with Crippen LogP contribution < -0.4 is 27.4 Å². The van der Waals surface area contributed by atoms with Crippen molar-refractivity contribution in [3.8, 4) is 0 Å². The van der Waals surface area contributed by atoms with E-state index >= 15 is 0 Å². The lowest BCUT2D eigenvalue weighted by atomic mass is 9.99. The van der Waals surface area contributed by atoms with Crippen LogP contribution in [0.4, 0.5) is 0 Å². The Labute approximate surface area is 172 Å². The molecule has 0 aliphatic carbocycles. The first-order chi connectivity index (χ1) is 13.5. The van der Waals surface area contributed by atoms with Crippen LogP contribution in [0.1, 0.15) is 53.4 Å². The standard InChI is InChI=1S/C19H37N5O5/c1-11(2)9-14(19(28)29)23-18(27)16(12(3)4)24-17(26)13(7-5-6-8-20)22-15(25)10-21/h11-14,16H,5-10,20-21H2,1-4H3,(H,22,25)(H,23,27)(H,24,26)(H,28,29). The average Bonchev–Trinajstić information content (AvgIpc) is 2.63. The Morgan fingerprint density at radius 1 is 0.862 bits per heavy atom. The summed E-state index contributed by atoms with van der Waals surface area (Å²) >= 11 is 0. The molecule has 8 N–H and O–H groups in total. The second-order valence-electron chi connectivity index (χ2n) is 7.87. The minimum absolute atomic E-state index is 0.0712. The number of hydrogen-bond donors (Lipinski definition) is 6. The lowest BCUT2D eigenvalue weighted by Gasteiger charge is -2.27. The number of aliphatic carboxylic acids is 1. The Hall–Kier alpha value is -2.20. The number of rotatable bonds is 14. The Bertz CT molecular complexity index is 553. The minimum Gasteiger partial charge on any atom is -0.480 e. The van der Waals surface area contributed by atoms with Crippen molar-refractivity contribution in [2.24, 2.45) is 23.3 Å². The fourth-order valence-corrected chi connectivity index (χ4v) is 2.76. The number of carbonyl (C=O) groups is 4. The van der Waals surface area contributed by atoms with Crippen LogP contribution in [0.15, 0.2) is 0 Å². The van der Waals surface area contributed by atoms with E-state index in [1.807, 2.05) is 13.8 Å². The van der Waals surface area contributed by atoms with E-state index in [1.165, 1.54) is 0 Å². The molecular formula is C19H37N5O5. The molecule has 168 valence electrons. The SMILES string of the molecule is CC(C)CC(NC(=O)C(NC(=O)C(CCCCN)NC(=O)CN)C(C)C)C(=O)O. The molecule has 0 saturated heterocycles. The van der Waals surface area contributed by atoms with Crippen LogP contribution in [0, 0.1) is 11.8 Å². The Balaban J connectivity index is 5.23. The van der Waals surface area contributed by atoms with Gasteiger partial charge in [0.25, 0.3) is 0 Å². The molecule has 0 bridgehead atoms. The second-order valence-corrected chi connectivity index (χ2v) is 7.87. The number of amides is 3. The van der Waals surface area contributed by atoms with E-state index in [9.17, 15) is 24.3 Å². The lowest BCUT2D eigenvalue weighted by molar-refractivity contribution is -0.143. The van der Waals surface area contributed by atoms with E-state index in [4.69, 9.17) is 11.5 Å². The Morgan fingerprint density at radius 2 is 1.48 bits per heavy atom. The van der Waals surface area contributed by atoms with Gasteiger partial charge in [-0.2, -0.15) is 0 Å². The van der Waals surface area contributed by atoms with Gasteiger partial charge >= 0.3 is 5.97 Å². The van der Waals surface area contributed by atoms with E-state index in [-0.39, 0.29) is 24.8 Å². The molecule has 10 heteroatoms. The molecule has 0 heterocycles. The summed E-state index contributed by atoms with van der Waals surface area (Å²) in [6.07, 6.45) is 1.93. The highest BCUT2D eigenvalue weighted by Gasteiger charge is 2.31. The maximum atomic E-state index is 12.7. The summed E-state index contributed by atoms with van der Waals surface area (Å²) in [5.74, 6) is -2.92. The van der Waals surface area contributed by atoms with Crippen LogP contribution in [0.5, 0.6) is 0 Å². The number of unbranched alkanes of at least 4 members (excludes halogenated alkanes) is 1. The summed E-state index contributed by atoms with van der Waals surface area (Å²) in [6, 6.07) is -2.83. The second kappa shape index (κ2) is 13.9. The van der Waals surface area contributed by atoms with Crippen molar-refractivity contribution in [2.75, 3.05) is 13.1 Å². The van der Waals surface area contributed by atoms with Gasteiger partial charge in [-0.3, -0.25) is 14.4 Å². The smallest absolute Gasteiger partial charge is 0.326 e. The summed E-state index contributed by atoms with van der Waals surface area (Å²) in [6.45, 7) is 7.40. The monoisotopic (exact) mass is 415 g/mol. The van der Waals surface area contributed by atoms with Crippen molar-refractivity contribution in [1.29, 1.82) is 0 Å². The zero-order valence-electron chi connectivity index (χ0n) is 17.9. The molecule has 0 aliphatic heterocycles. The van der Waals surface area contributed by atoms with E-state index in [0.29, 0.717) is 25.8 Å². The third kappa shape index (κ3) is 10.8. The molecule has 0 aromatic carbocycles. The normalized spacial score (nSPS) is 14.2. The topological polar surface area (TPSA) is 177 Å². The van der Waals surface area contributed by atoms with Gasteiger partial charge in [0, 0.05) is 0 Å². The van der Waals surface area contributed by atoms with Crippen LogP contribution >= 0.6 is 0 Å². The van der Waals surface area contributed by atoms with Crippen molar-refractivity contribution in [2.45, 2.75) is 71.5 Å². The van der Waals surface area contributed by atoms with E-state index in [2.05, 4.69) is 16.0 Å². The zero-order chi connectivity index (χ0) is 22.6. The molecular weight excluding hydrogens is 378 g/mol. The van der Waals surface area contributed by atoms with Crippen LogP contribution in [0.25, 0.3) is 0 Å². The van der Waals surface area contributed by atoms with Crippen molar-refractivity contribution < 1.29 is 24.3 Å². The molecule has 0 aromatic heterocycles. The molecule has 0 rings (SSSR count). The third-order valence-electron chi connectivity index (χ3n) is 4.35. The van der Waals surface area contributed by atoms with Crippen molar-refractivity contribution in [3.05, 3.63) is 0 Å². The van der Waals surface area contributed by atoms with Crippen LogP contribution in [-0.4, -0.2) is 60.0 Å². The van der Waals surface area contributed by atoms with Crippen molar-refractivity contribution >= 4 is 23.7 Å². The molecule has 3 amide bonds. The number of hydrogen-bond acceptors (Lipinski definition) is 6. The van der Waals surface area contributed by atoms with E-state index in [0.717, 1.165) is 0 Å². The fraction of sp³-hybridized carbons (Fsp3) is 0.789. The van der Waals surface area contributed by atoms with Gasteiger partial charge in [0.2, 0.25) is 17.7 Å². The van der Waals surface area contributed by atoms with Crippen molar-refractivity contribution in [1.82, 2.24) is 16.0 Å². The molecule has 29 heavy (non-hydrogen) atoms. The highest BCUT2D eigenvalue weighted by atomic mass is 16.4. The maximum Gasteiger partial charge on any atom is 0.326 e. The molecule has 0 aromatic rings. The summed E-state index contributed by atoms with van der Waals surface area (Å²) in [7, 11) is 0. The molecule has 0 fully saturated rings. The first kappa shape index (κ1) is 26.8. The number of carbonyl (C=O) groups excluding carboxylic acids is 3. The quantitative estimate of drug-likeness (QED) is 0.203. The Morgan fingerprint density at radius 3 is 1.93 bits per heavy atom. The van der Waals surface area contributed by atoms with E-state index in [1.54, 1.807) is 13.8 Å². The van der Waals surface area contributed by atoms with E-state index < -0.39 is 41.8 Å². The van der Waals surface area contributed by atoms with Crippen LogP contribution in [-0.2, 0) is 19.2 Å². The third-order valence-corrected chi connectivity index (χ3v) is 4.35. The van der Waals surface area contributed by atoms with Gasteiger partial charge in [0.15, 0.2) is 0 Å². The van der Waals surface area contributed by atoms with Crippen LogP contribution in [0.2, 0.25) is 0 Å². The predicted molar refractivity (Wildman–Crippen MR) is 110 cm³/mol. The van der Waals surface area contributed by atoms with Crippen molar-refractivity contribution in [3.63, 3.8) is 0 Å². The zero-order valence-corrected chi connectivity index (χ0v) is 17.9. The highest BCUT2D eigenvalue weighted by molar-refractivity contribution is 5.93. The van der Waals surface area contributed by atoms with Gasteiger partial charge in [0.1, 0.15) is 18.1 Å². The minimum atomic E-state index is -1.13. The first-order valence-electron chi connectivity index (χ1n) is 10.1. The van der Waals surface area contributed by atoms with Gasteiger partial charge < -0.3 is 32.5 Å². The van der Waals surface area contributed by atoms with Gasteiger partial charge in [-0.25, -0.2) is 4.79 Å². The first-order valence-corrected chi connectivity index (χ1v) is 10.1. The molecule has 3 atom stereocenters. The summed E-state index contributed by atoms with van der Waals surface area (Å²) in [4.78, 5) is 48.4. The van der Waals surface area contributed by atoms with Gasteiger partial charge in [-0.1, -0.05) is 27.7 Å². The summed E-state index contributed by atoms with van der Waals surface area (Å²) in [5, 5.41) is 17.0. The average molecular weight is 416 g/mol. The number of carboxylic acids is 1. The predicted octanol–water partition coefficient (Wildman–Crippen LogP) is -0.685. The largest absolute Gasteiger partial charge is 0.480 e. The molecule has 0 saturated carbocycles. The Kier molecular flexibility index (Phi) is 12.8. The molecule has 3 unspecified atom stereocenters. The molecule has 10 nitrogen and oxygen atoms in total. The van der Waals surface area contributed by atoms with Gasteiger partial charge in [0.05, 0.1) is 6.54 Å². The van der Waals surface area contributed by atoms with Crippen LogP contribution in [0.3, 0.4) is 0 Å². The number of carboxylic acid groups (broad SMARTS) is 1. The fourth-order valence-electron chi connectivity index (χ4n) is 2.76. The molecule has 0 aliphatic rings. The number of nitrogens with two attached hydrogens (primary N) is 2. The lowest BCUT2D eigenvalue weighted by Crippen LogP contribution is -2.57. The molecule has 0 spiro atoms.